The lowest BCUT2D eigenvalue weighted by Gasteiger charge is -2.08. The van der Waals surface area contributed by atoms with Crippen LogP contribution >= 0.6 is 0 Å². The van der Waals surface area contributed by atoms with Crippen molar-refractivity contribution < 1.29 is 9.94 Å². The molecule has 0 aliphatic heterocycles. The number of hydrogen-bond donors (Lipinski definition) is 2. The number of nitrogens with zero attached hydrogens (tertiary/aromatic N) is 5. The predicted molar refractivity (Wildman–Crippen MR) is 67.5 cm³/mol. The maximum absolute atomic E-state index is 8.57. The summed E-state index contributed by atoms with van der Waals surface area (Å²) in [6, 6.07) is 3.57. The van der Waals surface area contributed by atoms with Crippen LogP contribution in [0, 0.1) is 0 Å². The van der Waals surface area contributed by atoms with E-state index in [2.05, 4.69) is 20.2 Å². The van der Waals surface area contributed by atoms with Crippen molar-refractivity contribution in [1.29, 1.82) is 0 Å². The van der Waals surface area contributed by atoms with Crippen LogP contribution in [0.1, 0.15) is 19.2 Å². The third kappa shape index (κ3) is 2.79. The van der Waals surface area contributed by atoms with Crippen molar-refractivity contribution in [3.8, 4) is 11.6 Å². The third-order valence-corrected chi connectivity index (χ3v) is 2.26. The van der Waals surface area contributed by atoms with Crippen molar-refractivity contribution in [1.82, 2.24) is 19.7 Å². The summed E-state index contributed by atoms with van der Waals surface area (Å²) in [6.45, 7) is 2.60. The molecular formula is C11H14N6O2. The van der Waals surface area contributed by atoms with E-state index in [9.17, 15) is 0 Å². The van der Waals surface area contributed by atoms with Gasteiger partial charge in [-0.2, -0.15) is 4.68 Å². The van der Waals surface area contributed by atoms with Gasteiger partial charge in [-0.15, -0.1) is 5.10 Å². The second kappa shape index (κ2) is 5.80. The Kier molecular flexibility index (Phi) is 3.91. The average molecular weight is 262 g/mol. The second-order valence-corrected chi connectivity index (χ2v) is 3.67. The molecular weight excluding hydrogens is 248 g/mol. The van der Waals surface area contributed by atoms with E-state index in [1.165, 1.54) is 11.0 Å². The number of pyridine rings is 1. The van der Waals surface area contributed by atoms with E-state index in [-0.39, 0.29) is 11.7 Å². The van der Waals surface area contributed by atoms with E-state index >= 15 is 0 Å². The van der Waals surface area contributed by atoms with Gasteiger partial charge in [0.2, 0.25) is 11.7 Å². The standard InChI is InChI=1S/C11H14N6O2/c1-2-6-19-8-4-3-5-13-11(8)17-7-14-10(15-17)9(12)16-18/h3-5,7,18H,2,6H2,1H3,(H2,12,16). The molecule has 0 unspecified atom stereocenters. The topological polar surface area (TPSA) is 111 Å². The third-order valence-electron chi connectivity index (χ3n) is 2.26. The van der Waals surface area contributed by atoms with Crippen molar-refractivity contribution in [2.24, 2.45) is 10.9 Å². The number of aromatic nitrogens is 4. The summed E-state index contributed by atoms with van der Waals surface area (Å²) in [5.41, 5.74) is 5.41. The number of hydrogen-bond acceptors (Lipinski definition) is 6. The highest BCUT2D eigenvalue weighted by Gasteiger charge is 2.11. The molecule has 0 aliphatic rings. The Morgan fingerprint density at radius 3 is 3.11 bits per heavy atom. The molecule has 0 amide bonds. The highest BCUT2D eigenvalue weighted by atomic mass is 16.5. The van der Waals surface area contributed by atoms with Gasteiger partial charge in [-0.25, -0.2) is 9.97 Å². The molecule has 2 heterocycles. The Bertz CT molecular complexity index is 580. The van der Waals surface area contributed by atoms with Gasteiger partial charge in [0.1, 0.15) is 6.33 Å². The summed E-state index contributed by atoms with van der Waals surface area (Å²) in [5, 5.41) is 15.5. The molecule has 19 heavy (non-hydrogen) atoms. The average Bonchev–Trinajstić information content (AvgIpc) is 2.94. The number of nitrogens with two attached hydrogens (primary N) is 1. The molecule has 3 N–H and O–H groups in total. The van der Waals surface area contributed by atoms with Crippen molar-refractivity contribution in [2.75, 3.05) is 6.61 Å². The molecule has 0 aromatic carbocycles. The lowest BCUT2D eigenvalue weighted by molar-refractivity contribution is 0.314. The minimum Gasteiger partial charge on any atom is -0.490 e. The maximum atomic E-state index is 8.57. The van der Waals surface area contributed by atoms with Crippen LogP contribution in [0.15, 0.2) is 29.8 Å². The molecule has 0 bridgehead atoms. The van der Waals surface area contributed by atoms with Crippen molar-refractivity contribution in [3.63, 3.8) is 0 Å². The zero-order valence-corrected chi connectivity index (χ0v) is 10.4. The molecule has 0 saturated heterocycles. The van der Waals surface area contributed by atoms with Crippen molar-refractivity contribution in [3.05, 3.63) is 30.5 Å². The summed E-state index contributed by atoms with van der Waals surface area (Å²) in [4.78, 5) is 8.12. The van der Waals surface area contributed by atoms with Gasteiger partial charge in [-0.05, 0) is 18.6 Å². The summed E-state index contributed by atoms with van der Waals surface area (Å²) >= 11 is 0. The fraction of sp³-hybridized carbons (Fsp3) is 0.273. The monoisotopic (exact) mass is 262 g/mol. The van der Waals surface area contributed by atoms with Crippen LogP contribution in [0.5, 0.6) is 5.75 Å². The first-order valence-corrected chi connectivity index (χ1v) is 5.74. The minimum absolute atomic E-state index is 0.120. The summed E-state index contributed by atoms with van der Waals surface area (Å²) in [7, 11) is 0. The van der Waals surface area contributed by atoms with E-state index in [1.807, 2.05) is 6.92 Å². The SMILES string of the molecule is CCCOc1cccnc1-n1cnc(/C(N)=N/O)n1. The van der Waals surface area contributed by atoms with Crippen molar-refractivity contribution in [2.45, 2.75) is 13.3 Å². The highest BCUT2D eigenvalue weighted by Crippen LogP contribution is 2.18. The zero-order chi connectivity index (χ0) is 13.7. The minimum atomic E-state index is -0.161. The second-order valence-electron chi connectivity index (χ2n) is 3.67. The first-order chi connectivity index (χ1) is 9.26. The summed E-state index contributed by atoms with van der Waals surface area (Å²) in [6.07, 6.45) is 3.94. The normalized spacial score (nSPS) is 11.5. The Hall–Kier alpha value is -2.64. The molecule has 0 aliphatic carbocycles. The molecule has 0 saturated carbocycles. The smallest absolute Gasteiger partial charge is 0.220 e. The molecule has 2 aromatic heterocycles. The van der Waals surface area contributed by atoms with Crippen LogP contribution in [0.3, 0.4) is 0 Å². The van der Waals surface area contributed by atoms with E-state index < -0.39 is 0 Å². The fourth-order valence-electron chi connectivity index (χ4n) is 1.41. The maximum Gasteiger partial charge on any atom is 0.220 e. The van der Waals surface area contributed by atoms with Crippen LogP contribution in [0.2, 0.25) is 0 Å². The van der Waals surface area contributed by atoms with Gasteiger partial charge in [0, 0.05) is 6.20 Å². The molecule has 0 fully saturated rings. The van der Waals surface area contributed by atoms with Gasteiger partial charge in [0.25, 0.3) is 0 Å². The van der Waals surface area contributed by atoms with Gasteiger partial charge >= 0.3 is 0 Å². The molecule has 2 aromatic rings. The molecule has 2 rings (SSSR count). The van der Waals surface area contributed by atoms with Gasteiger partial charge in [-0.1, -0.05) is 12.1 Å². The first-order valence-electron chi connectivity index (χ1n) is 5.74. The number of ether oxygens (including phenoxy) is 1. The first kappa shape index (κ1) is 12.8. The lowest BCUT2D eigenvalue weighted by atomic mass is 10.4. The van der Waals surface area contributed by atoms with Gasteiger partial charge in [0.15, 0.2) is 11.6 Å². The lowest BCUT2D eigenvalue weighted by Crippen LogP contribution is -2.15. The fourth-order valence-corrected chi connectivity index (χ4v) is 1.41. The molecule has 0 spiro atoms. The van der Waals surface area contributed by atoms with Gasteiger partial charge in [-0.3, -0.25) is 0 Å². The zero-order valence-electron chi connectivity index (χ0n) is 10.4. The van der Waals surface area contributed by atoms with E-state index in [1.54, 1.807) is 18.3 Å². The Morgan fingerprint density at radius 2 is 2.37 bits per heavy atom. The molecule has 100 valence electrons. The predicted octanol–water partition coefficient (Wildman–Crippen LogP) is 0.546. The summed E-state index contributed by atoms with van der Waals surface area (Å²) < 4.78 is 6.99. The number of amidine groups is 1. The van der Waals surface area contributed by atoms with Crippen LogP contribution in [0.25, 0.3) is 5.82 Å². The number of rotatable bonds is 5. The largest absolute Gasteiger partial charge is 0.490 e. The Balaban J connectivity index is 2.33. The van der Waals surface area contributed by atoms with Crippen molar-refractivity contribution >= 4 is 5.84 Å². The molecule has 0 atom stereocenters. The van der Waals surface area contributed by atoms with E-state index in [0.717, 1.165) is 6.42 Å². The van der Waals surface area contributed by atoms with Crippen LogP contribution < -0.4 is 10.5 Å². The highest BCUT2D eigenvalue weighted by molar-refractivity contribution is 5.93. The molecule has 0 radical (unpaired) electrons. The molecule has 8 nitrogen and oxygen atoms in total. The Morgan fingerprint density at radius 1 is 1.53 bits per heavy atom. The van der Waals surface area contributed by atoms with Crippen LogP contribution in [0.4, 0.5) is 0 Å². The van der Waals surface area contributed by atoms with E-state index in [4.69, 9.17) is 15.7 Å². The van der Waals surface area contributed by atoms with Gasteiger partial charge in [0.05, 0.1) is 6.61 Å². The van der Waals surface area contributed by atoms with Crippen LogP contribution in [-0.4, -0.2) is 37.4 Å². The molecule has 8 heteroatoms. The quantitative estimate of drug-likeness (QED) is 0.352. The summed E-state index contributed by atoms with van der Waals surface area (Å²) in [5.74, 6) is 1.06. The Labute approximate surface area is 109 Å². The van der Waals surface area contributed by atoms with Crippen LogP contribution in [-0.2, 0) is 0 Å². The van der Waals surface area contributed by atoms with E-state index in [0.29, 0.717) is 18.2 Å². The number of oxime groups is 1. The van der Waals surface area contributed by atoms with Gasteiger partial charge < -0.3 is 15.7 Å².